The van der Waals surface area contributed by atoms with E-state index in [1.807, 2.05) is 0 Å². The second-order valence-corrected chi connectivity index (χ2v) is 11.7. The fraction of sp³-hybridized carbons (Fsp3) is 1.00. The summed E-state index contributed by atoms with van der Waals surface area (Å²) < 4.78 is 35.1. The summed E-state index contributed by atoms with van der Waals surface area (Å²) in [6.45, 7) is 0.940. The molecule has 3 heterocycles. The lowest BCUT2D eigenvalue weighted by Gasteiger charge is -2.46. The number of ether oxygens (including phenoxy) is 6. The molecule has 0 aromatic carbocycles. The zero-order valence-electron chi connectivity index (χ0n) is 23.4. The van der Waals surface area contributed by atoms with Gasteiger partial charge in [0.25, 0.3) is 0 Å². The van der Waals surface area contributed by atoms with E-state index in [-0.39, 0.29) is 19.4 Å². The van der Waals surface area contributed by atoms with E-state index in [2.05, 4.69) is 0 Å². The van der Waals surface area contributed by atoms with Crippen LogP contribution in [0.2, 0.25) is 0 Å². The molecule has 19 atom stereocenters. The van der Waals surface area contributed by atoms with Crippen molar-refractivity contribution in [2.24, 2.45) is 34.4 Å². The van der Waals surface area contributed by atoms with E-state index in [1.165, 1.54) is 0 Å². The van der Waals surface area contributed by atoms with Gasteiger partial charge in [0.05, 0.1) is 37.0 Å². The number of aliphatic hydroxyl groups excluding tert-OH is 6. The molecule has 18 heteroatoms. The molecule has 0 radical (unpaired) electrons. The maximum absolute atomic E-state index is 11.1. The van der Waals surface area contributed by atoms with Gasteiger partial charge >= 0.3 is 0 Å². The van der Waals surface area contributed by atoms with Gasteiger partial charge in [-0.05, 0) is 13.3 Å². The van der Waals surface area contributed by atoms with Gasteiger partial charge in [0, 0.05) is 31.1 Å². The van der Waals surface area contributed by atoms with E-state index in [1.54, 1.807) is 6.92 Å². The first kappa shape index (κ1) is 34.2. The van der Waals surface area contributed by atoms with Crippen LogP contribution in [-0.4, -0.2) is 160 Å². The highest BCUT2D eigenvalue weighted by atomic mass is 16.8. The Morgan fingerprint density at radius 1 is 0.690 bits per heavy atom. The van der Waals surface area contributed by atoms with E-state index < -0.39 is 123 Å². The van der Waals surface area contributed by atoms with Crippen LogP contribution in [0.1, 0.15) is 19.8 Å². The smallest absolute Gasteiger partial charge is 0.187 e. The molecule has 42 heavy (non-hydrogen) atoms. The highest BCUT2D eigenvalue weighted by molar-refractivity contribution is 5.01. The normalized spacial score (nSPS) is 52.8. The molecule has 1 unspecified atom stereocenters. The van der Waals surface area contributed by atoms with Gasteiger partial charge in [0.1, 0.15) is 48.8 Å². The molecule has 0 aromatic heterocycles. The molecule has 3 saturated heterocycles. The number of nitrogens with two attached hydrogens (primary N) is 6. The quantitative estimate of drug-likeness (QED) is 0.115. The Kier molecular flexibility index (Phi) is 11.5. The summed E-state index contributed by atoms with van der Waals surface area (Å²) in [4.78, 5) is 0. The van der Waals surface area contributed by atoms with Crippen LogP contribution < -0.4 is 34.4 Å². The first-order valence-electron chi connectivity index (χ1n) is 14.2. The van der Waals surface area contributed by atoms with E-state index in [0.717, 1.165) is 0 Å². The largest absolute Gasteiger partial charge is 0.394 e. The molecule has 0 aromatic rings. The lowest BCUT2D eigenvalue weighted by molar-refractivity contribution is -0.296. The van der Waals surface area contributed by atoms with Gasteiger partial charge in [-0.2, -0.15) is 0 Å². The lowest BCUT2D eigenvalue weighted by atomic mass is 9.84. The number of rotatable bonds is 9. The first-order valence-corrected chi connectivity index (χ1v) is 14.2. The first-order chi connectivity index (χ1) is 19.8. The molecule has 4 fully saturated rings. The minimum Gasteiger partial charge on any atom is -0.394 e. The van der Waals surface area contributed by atoms with Gasteiger partial charge in [0.2, 0.25) is 0 Å². The monoisotopic (exact) mass is 612 g/mol. The average Bonchev–Trinajstić information content (AvgIpc) is 3.24. The Bertz CT molecular complexity index is 867. The van der Waals surface area contributed by atoms with Crippen molar-refractivity contribution in [3.63, 3.8) is 0 Å². The van der Waals surface area contributed by atoms with Crippen molar-refractivity contribution in [3.05, 3.63) is 0 Å². The van der Waals surface area contributed by atoms with Crippen molar-refractivity contribution in [2.75, 3.05) is 13.2 Å². The van der Waals surface area contributed by atoms with E-state index in [4.69, 9.17) is 62.8 Å². The fourth-order valence-corrected chi connectivity index (χ4v) is 5.83. The van der Waals surface area contributed by atoms with Crippen LogP contribution >= 0.6 is 0 Å². The summed E-state index contributed by atoms with van der Waals surface area (Å²) in [5.41, 5.74) is 36.2. The highest BCUT2D eigenvalue weighted by Crippen LogP contribution is 2.34. The van der Waals surface area contributed by atoms with Crippen LogP contribution in [0, 0.1) is 0 Å². The predicted molar refractivity (Wildman–Crippen MR) is 142 cm³/mol. The van der Waals surface area contributed by atoms with E-state index in [0.29, 0.717) is 0 Å². The van der Waals surface area contributed by atoms with Crippen LogP contribution in [0.5, 0.6) is 0 Å². The number of hydrogen-bond donors (Lipinski definition) is 12. The molecule has 3 aliphatic heterocycles. The van der Waals surface area contributed by atoms with Crippen LogP contribution in [0.15, 0.2) is 0 Å². The summed E-state index contributed by atoms with van der Waals surface area (Å²) in [5.74, 6) is 0. The summed E-state index contributed by atoms with van der Waals surface area (Å²) in [5, 5.41) is 63.0. The zero-order valence-corrected chi connectivity index (χ0v) is 23.4. The zero-order chi connectivity index (χ0) is 31.0. The standard InChI is InChI=1S/C24H48N6O12/c1-6(26)10-3-9(32)13(29)22(37-10)40-19-8(28)2-7(27)15(33)21(19)42-24-18(36)20(12(5-31)39-24)41-23-14(30)17(35)16(34)11(4-25)38-23/h6-24,31-36H,2-5,25-30H2,1H3/t6-,7+,8-,9+,10-,11-,12+,13+,14+,15-,16+,17+,18+,19+,20+,21+,22+,23?,24-/m0/s1. The molecule has 0 amide bonds. The second-order valence-electron chi connectivity index (χ2n) is 11.7. The Morgan fingerprint density at radius 3 is 1.90 bits per heavy atom. The molecule has 18 N–H and O–H groups in total. The third-order valence-corrected chi connectivity index (χ3v) is 8.52. The average molecular weight is 613 g/mol. The molecule has 18 nitrogen and oxygen atoms in total. The predicted octanol–water partition coefficient (Wildman–Crippen LogP) is -7.48. The van der Waals surface area contributed by atoms with Gasteiger partial charge in [0.15, 0.2) is 18.9 Å². The van der Waals surface area contributed by atoms with Crippen molar-refractivity contribution in [1.29, 1.82) is 0 Å². The van der Waals surface area contributed by atoms with Crippen LogP contribution in [-0.2, 0) is 28.4 Å². The van der Waals surface area contributed by atoms with Crippen LogP contribution in [0.3, 0.4) is 0 Å². The molecule has 1 aliphatic carbocycles. The molecule has 4 rings (SSSR count). The second kappa shape index (κ2) is 14.1. The highest BCUT2D eigenvalue weighted by Gasteiger charge is 2.54. The van der Waals surface area contributed by atoms with Crippen molar-refractivity contribution in [2.45, 2.75) is 136 Å². The Morgan fingerprint density at radius 2 is 1.29 bits per heavy atom. The van der Waals surface area contributed by atoms with Gasteiger partial charge in [-0.15, -0.1) is 0 Å². The van der Waals surface area contributed by atoms with Crippen LogP contribution in [0.4, 0.5) is 0 Å². The van der Waals surface area contributed by atoms with Gasteiger partial charge < -0.3 is 93.5 Å². The van der Waals surface area contributed by atoms with Gasteiger partial charge in [-0.3, -0.25) is 0 Å². The molecular weight excluding hydrogens is 564 g/mol. The van der Waals surface area contributed by atoms with Crippen LogP contribution in [0.25, 0.3) is 0 Å². The van der Waals surface area contributed by atoms with Crippen molar-refractivity contribution in [1.82, 2.24) is 0 Å². The number of aliphatic hydroxyl groups is 6. The maximum Gasteiger partial charge on any atom is 0.187 e. The topological polar surface area (TPSA) is 333 Å². The Labute approximate surface area is 243 Å². The molecule has 246 valence electrons. The van der Waals surface area contributed by atoms with Crippen molar-refractivity contribution >= 4 is 0 Å². The molecule has 0 bridgehead atoms. The van der Waals surface area contributed by atoms with Gasteiger partial charge in [-0.1, -0.05) is 0 Å². The Hall–Kier alpha value is -0.720. The van der Waals surface area contributed by atoms with Crippen molar-refractivity contribution in [3.8, 4) is 0 Å². The third-order valence-electron chi connectivity index (χ3n) is 8.52. The SMILES string of the molecule is C[C@H](N)[C@@H]1C[C@@H](O)[C@@H](N)[C@@H](O[C@H]2[C@H](O[C@@H]3O[C@H](CO)[C@@H](OC4O[C@@H](CN)[C@@H](O)[C@H](O)[C@H]4N)[C@H]3O)[C@@H](O)[C@H](N)C[C@@H]2N)O1. The summed E-state index contributed by atoms with van der Waals surface area (Å²) in [7, 11) is 0. The molecule has 1 saturated carbocycles. The van der Waals surface area contributed by atoms with E-state index in [9.17, 15) is 30.6 Å². The summed E-state index contributed by atoms with van der Waals surface area (Å²) in [6, 6.07) is -4.24. The summed E-state index contributed by atoms with van der Waals surface area (Å²) in [6.07, 6.45) is -16.7. The summed E-state index contributed by atoms with van der Waals surface area (Å²) >= 11 is 0. The maximum atomic E-state index is 11.1. The minimum absolute atomic E-state index is 0.138. The molecular formula is C24H48N6O12. The fourth-order valence-electron chi connectivity index (χ4n) is 5.83. The minimum atomic E-state index is -1.57. The van der Waals surface area contributed by atoms with E-state index >= 15 is 0 Å². The number of hydrogen-bond acceptors (Lipinski definition) is 18. The third kappa shape index (κ3) is 6.91. The van der Waals surface area contributed by atoms with Crippen molar-refractivity contribution < 1.29 is 59.1 Å². The lowest BCUT2D eigenvalue weighted by Crippen LogP contribution is -2.66. The molecule has 0 spiro atoms. The van der Waals surface area contributed by atoms with Gasteiger partial charge in [-0.25, -0.2) is 0 Å². The Balaban J connectivity index is 1.49. The molecule has 4 aliphatic rings.